The molecule has 0 aliphatic carbocycles. The lowest BCUT2D eigenvalue weighted by molar-refractivity contribution is 0.556. The summed E-state index contributed by atoms with van der Waals surface area (Å²) in [5.41, 5.74) is 5.31. The van der Waals surface area contributed by atoms with Gasteiger partial charge in [0.25, 0.3) is 0 Å². The molecule has 1 fully saturated rings. The molecule has 1 aliphatic heterocycles. The maximum atomic E-state index is 14.1. The molecule has 6 heteroatoms. The van der Waals surface area contributed by atoms with Crippen LogP contribution in [-0.2, 0) is 0 Å². The molecule has 3 N–H and O–H groups in total. The van der Waals surface area contributed by atoms with Gasteiger partial charge in [0, 0.05) is 29.2 Å². The molecule has 0 radical (unpaired) electrons. The molecule has 0 atom stereocenters. The summed E-state index contributed by atoms with van der Waals surface area (Å²) < 4.78 is 28.1. The molecule has 104 valence electrons. The SMILES string of the molecule is CC1(C)CN(c2c(F)cc(C(=N)N)cc2F)CCS1. The lowest BCUT2D eigenvalue weighted by Crippen LogP contribution is -2.44. The van der Waals surface area contributed by atoms with Gasteiger partial charge in [0.2, 0.25) is 0 Å². The molecule has 0 bridgehead atoms. The van der Waals surface area contributed by atoms with Crippen LogP contribution >= 0.6 is 11.8 Å². The number of nitrogens with zero attached hydrogens (tertiary/aromatic N) is 1. The van der Waals surface area contributed by atoms with Crippen LogP contribution in [0, 0.1) is 17.0 Å². The molecule has 0 unspecified atom stereocenters. The maximum Gasteiger partial charge on any atom is 0.150 e. The molecule has 2 rings (SSSR count). The van der Waals surface area contributed by atoms with Gasteiger partial charge in [0.1, 0.15) is 23.2 Å². The Morgan fingerprint density at radius 2 is 1.95 bits per heavy atom. The van der Waals surface area contributed by atoms with Gasteiger partial charge in [0.05, 0.1) is 0 Å². The highest BCUT2D eigenvalue weighted by Crippen LogP contribution is 2.34. The summed E-state index contributed by atoms with van der Waals surface area (Å²) in [5, 5.41) is 7.23. The van der Waals surface area contributed by atoms with E-state index in [-0.39, 0.29) is 21.8 Å². The molecular formula is C13H17F2N3S. The summed E-state index contributed by atoms with van der Waals surface area (Å²) >= 11 is 1.80. The third-order valence-electron chi connectivity index (χ3n) is 3.07. The summed E-state index contributed by atoms with van der Waals surface area (Å²) in [6.45, 7) is 5.32. The molecular weight excluding hydrogens is 268 g/mol. The molecule has 1 aromatic rings. The Morgan fingerprint density at radius 3 is 2.42 bits per heavy atom. The number of hydrogen-bond acceptors (Lipinski definition) is 3. The van der Waals surface area contributed by atoms with E-state index in [1.165, 1.54) is 0 Å². The molecule has 1 heterocycles. The monoisotopic (exact) mass is 285 g/mol. The minimum atomic E-state index is -0.659. The average Bonchev–Trinajstić information content (AvgIpc) is 2.26. The van der Waals surface area contributed by atoms with Crippen LogP contribution in [0.3, 0.4) is 0 Å². The number of nitrogens with two attached hydrogens (primary N) is 1. The quantitative estimate of drug-likeness (QED) is 0.648. The smallest absolute Gasteiger partial charge is 0.150 e. The number of amidine groups is 1. The number of benzene rings is 1. The molecule has 0 spiro atoms. The van der Waals surface area contributed by atoms with E-state index in [1.54, 1.807) is 16.7 Å². The molecule has 3 nitrogen and oxygen atoms in total. The van der Waals surface area contributed by atoms with Crippen molar-refractivity contribution >= 4 is 23.3 Å². The van der Waals surface area contributed by atoms with Crippen LogP contribution in [0.15, 0.2) is 12.1 Å². The first-order valence-electron chi connectivity index (χ1n) is 6.02. The first-order chi connectivity index (χ1) is 8.80. The van der Waals surface area contributed by atoms with E-state index in [0.29, 0.717) is 13.1 Å². The molecule has 1 saturated heterocycles. The lowest BCUT2D eigenvalue weighted by Gasteiger charge is -2.39. The van der Waals surface area contributed by atoms with Gasteiger partial charge in [-0.25, -0.2) is 8.78 Å². The summed E-state index contributed by atoms with van der Waals surface area (Å²) in [7, 11) is 0. The number of nitrogens with one attached hydrogen (secondary N) is 1. The van der Waals surface area contributed by atoms with Gasteiger partial charge in [-0.3, -0.25) is 5.41 Å². The molecule has 1 aliphatic rings. The van der Waals surface area contributed by atoms with Crippen LogP contribution in [0.2, 0.25) is 0 Å². The van der Waals surface area contributed by atoms with Gasteiger partial charge in [-0.2, -0.15) is 11.8 Å². The Bertz CT molecular complexity index is 494. The second-order valence-corrected chi connectivity index (χ2v) is 7.03. The summed E-state index contributed by atoms with van der Waals surface area (Å²) in [4.78, 5) is 1.73. The predicted molar refractivity (Wildman–Crippen MR) is 76.1 cm³/mol. The van der Waals surface area contributed by atoms with Gasteiger partial charge in [-0.05, 0) is 26.0 Å². The Balaban J connectivity index is 2.37. The van der Waals surface area contributed by atoms with E-state index in [2.05, 4.69) is 13.8 Å². The van der Waals surface area contributed by atoms with E-state index >= 15 is 0 Å². The van der Waals surface area contributed by atoms with Gasteiger partial charge < -0.3 is 10.6 Å². The minimum Gasteiger partial charge on any atom is -0.384 e. The zero-order valence-corrected chi connectivity index (χ0v) is 11.8. The fraction of sp³-hybridized carbons (Fsp3) is 0.462. The minimum absolute atomic E-state index is 0.0154. The second-order valence-electron chi connectivity index (χ2n) is 5.23. The molecule has 1 aromatic carbocycles. The first-order valence-corrected chi connectivity index (χ1v) is 7.01. The number of hydrogen-bond donors (Lipinski definition) is 2. The standard InChI is InChI=1S/C13H17F2N3S/c1-13(2)7-18(3-4-19-13)11-9(14)5-8(12(16)17)6-10(11)15/h5-6H,3-4,7H2,1-2H3,(H3,16,17). The van der Waals surface area contributed by atoms with Crippen molar-refractivity contribution in [2.75, 3.05) is 23.7 Å². The van der Waals surface area contributed by atoms with Crippen molar-refractivity contribution < 1.29 is 8.78 Å². The third kappa shape index (κ3) is 3.00. The Labute approximate surface area is 115 Å². The van der Waals surface area contributed by atoms with E-state index < -0.39 is 11.6 Å². The van der Waals surface area contributed by atoms with Gasteiger partial charge in [-0.15, -0.1) is 0 Å². The highest BCUT2D eigenvalue weighted by atomic mass is 32.2. The van der Waals surface area contributed by atoms with Gasteiger partial charge in [0.15, 0.2) is 0 Å². The molecule has 0 amide bonds. The highest BCUT2D eigenvalue weighted by Gasteiger charge is 2.30. The third-order valence-corrected chi connectivity index (χ3v) is 4.37. The number of anilines is 1. The predicted octanol–water partition coefficient (Wildman–Crippen LogP) is 2.58. The van der Waals surface area contributed by atoms with Crippen molar-refractivity contribution in [3.63, 3.8) is 0 Å². The van der Waals surface area contributed by atoms with Crippen LogP contribution in [0.4, 0.5) is 14.5 Å². The fourth-order valence-corrected chi connectivity index (χ4v) is 3.34. The van der Waals surface area contributed by atoms with Gasteiger partial charge in [-0.1, -0.05) is 0 Å². The average molecular weight is 285 g/mol. The topological polar surface area (TPSA) is 53.1 Å². The zero-order chi connectivity index (χ0) is 14.2. The van der Waals surface area contributed by atoms with Crippen molar-refractivity contribution in [3.8, 4) is 0 Å². The Kier molecular flexibility index (Phi) is 3.71. The van der Waals surface area contributed by atoms with Crippen molar-refractivity contribution in [3.05, 3.63) is 29.3 Å². The second kappa shape index (κ2) is 5.00. The van der Waals surface area contributed by atoms with E-state index in [0.717, 1.165) is 17.9 Å². The van der Waals surface area contributed by atoms with Crippen molar-refractivity contribution in [1.29, 1.82) is 5.41 Å². The summed E-state index contributed by atoms with van der Waals surface area (Å²) in [6.07, 6.45) is 0. The lowest BCUT2D eigenvalue weighted by atomic mass is 10.1. The van der Waals surface area contributed by atoms with Crippen LogP contribution in [0.25, 0.3) is 0 Å². The molecule has 0 saturated carbocycles. The highest BCUT2D eigenvalue weighted by molar-refractivity contribution is 8.00. The fourth-order valence-electron chi connectivity index (χ4n) is 2.23. The zero-order valence-electron chi connectivity index (χ0n) is 11.0. The largest absolute Gasteiger partial charge is 0.384 e. The molecule has 0 aromatic heterocycles. The number of nitrogen functional groups attached to an aromatic ring is 1. The summed E-state index contributed by atoms with van der Waals surface area (Å²) in [5.74, 6) is -0.819. The Morgan fingerprint density at radius 1 is 1.37 bits per heavy atom. The van der Waals surface area contributed by atoms with Crippen molar-refractivity contribution in [1.82, 2.24) is 0 Å². The first kappa shape index (κ1) is 14.1. The van der Waals surface area contributed by atoms with E-state index in [4.69, 9.17) is 11.1 Å². The van der Waals surface area contributed by atoms with Crippen LogP contribution in [0.1, 0.15) is 19.4 Å². The normalized spacial score (nSPS) is 18.4. The maximum absolute atomic E-state index is 14.1. The van der Waals surface area contributed by atoms with Crippen LogP contribution < -0.4 is 10.6 Å². The van der Waals surface area contributed by atoms with Crippen LogP contribution in [-0.4, -0.2) is 29.4 Å². The van der Waals surface area contributed by atoms with Gasteiger partial charge >= 0.3 is 0 Å². The Hall–Kier alpha value is -1.30. The van der Waals surface area contributed by atoms with E-state index in [9.17, 15) is 8.78 Å². The van der Waals surface area contributed by atoms with Crippen molar-refractivity contribution in [2.24, 2.45) is 5.73 Å². The van der Waals surface area contributed by atoms with E-state index in [1.807, 2.05) is 0 Å². The number of thioether (sulfide) groups is 1. The van der Waals surface area contributed by atoms with Crippen molar-refractivity contribution in [2.45, 2.75) is 18.6 Å². The number of rotatable bonds is 2. The number of halogens is 2. The summed E-state index contributed by atoms with van der Waals surface area (Å²) in [6, 6.07) is 2.24. The molecule has 19 heavy (non-hydrogen) atoms. The van der Waals surface area contributed by atoms with Crippen LogP contribution in [0.5, 0.6) is 0 Å².